The Hall–Kier alpha value is -0.680. The van der Waals surface area contributed by atoms with Crippen LogP contribution in [0.25, 0.3) is 0 Å². The molecule has 1 atom stereocenters. The highest BCUT2D eigenvalue weighted by atomic mass is 35.5. The van der Waals surface area contributed by atoms with Crippen LogP contribution in [0.3, 0.4) is 0 Å². The molecule has 0 heterocycles. The van der Waals surface area contributed by atoms with Crippen LogP contribution in [0.4, 0.5) is 4.39 Å². The second-order valence-corrected chi connectivity index (χ2v) is 3.95. The average molecular weight is 232 g/mol. The van der Waals surface area contributed by atoms with E-state index >= 15 is 0 Å². The van der Waals surface area contributed by atoms with E-state index in [1.807, 2.05) is 14.1 Å². The number of halogens is 2. The van der Waals surface area contributed by atoms with Gasteiger partial charge in [-0.3, -0.25) is 0 Å². The first kappa shape index (κ1) is 12.4. The quantitative estimate of drug-likeness (QED) is 0.773. The summed E-state index contributed by atoms with van der Waals surface area (Å²) in [6.45, 7) is 0.373. The van der Waals surface area contributed by atoms with Gasteiger partial charge in [-0.2, -0.15) is 0 Å². The van der Waals surface area contributed by atoms with Gasteiger partial charge in [0.25, 0.3) is 0 Å². The minimum absolute atomic E-state index is 0.131. The van der Waals surface area contributed by atoms with Crippen molar-refractivity contribution in [1.82, 2.24) is 10.4 Å². The summed E-state index contributed by atoms with van der Waals surface area (Å²) in [7, 11) is 3.70. The Labute approximate surface area is 94.0 Å². The van der Waals surface area contributed by atoms with Crippen LogP contribution in [0.15, 0.2) is 18.2 Å². The van der Waals surface area contributed by atoms with Crippen molar-refractivity contribution in [2.24, 2.45) is 5.73 Å². The summed E-state index contributed by atoms with van der Waals surface area (Å²) < 4.78 is 13.1. The average Bonchev–Trinajstić information content (AvgIpc) is 2.12. The fraction of sp³-hybridized carbons (Fsp3) is 0.400. The lowest BCUT2D eigenvalue weighted by molar-refractivity contribution is 0.245. The zero-order valence-electron chi connectivity index (χ0n) is 8.80. The molecule has 5 heteroatoms. The summed E-state index contributed by atoms with van der Waals surface area (Å²) in [5, 5.41) is 2.15. The Bertz CT molecular complexity index is 310. The molecule has 0 aliphatic heterocycles. The van der Waals surface area contributed by atoms with Crippen LogP contribution in [0.2, 0.25) is 5.02 Å². The summed E-state index contributed by atoms with van der Waals surface area (Å²) in [6, 6.07) is 4.28. The zero-order valence-corrected chi connectivity index (χ0v) is 9.55. The Morgan fingerprint density at radius 1 is 1.47 bits per heavy atom. The molecule has 0 radical (unpaired) electrons. The molecule has 0 amide bonds. The zero-order chi connectivity index (χ0) is 11.4. The van der Waals surface area contributed by atoms with E-state index in [2.05, 4.69) is 5.43 Å². The Balaban J connectivity index is 2.91. The molecule has 0 spiro atoms. The van der Waals surface area contributed by atoms with Gasteiger partial charge in [-0.15, -0.1) is 0 Å². The van der Waals surface area contributed by atoms with Crippen molar-refractivity contribution in [3.05, 3.63) is 34.6 Å². The Morgan fingerprint density at radius 2 is 2.13 bits per heavy atom. The van der Waals surface area contributed by atoms with Gasteiger partial charge < -0.3 is 5.73 Å². The van der Waals surface area contributed by atoms with E-state index in [9.17, 15) is 4.39 Å². The summed E-state index contributed by atoms with van der Waals surface area (Å²) in [5.74, 6) is -0.350. The molecule has 0 aliphatic rings. The van der Waals surface area contributed by atoms with Gasteiger partial charge >= 0.3 is 0 Å². The molecule has 0 bridgehead atoms. The maximum atomic E-state index is 13.1. The first-order chi connectivity index (χ1) is 7.02. The number of nitrogens with two attached hydrogens (primary N) is 1. The number of nitrogens with zero attached hydrogens (tertiary/aromatic N) is 1. The smallest absolute Gasteiger partial charge is 0.125 e. The lowest BCUT2D eigenvalue weighted by Crippen LogP contribution is -2.38. The van der Waals surface area contributed by atoms with Gasteiger partial charge in [0.05, 0.1) is 6.04 Å². The minimum Gasteiger partial charge on any atom is -0.329 e. The lowest BCUT2D eigenvalue weighted by atomic mass is 10.1. The molecule has 0 saturated heterocycles. The SMILES string of the molecule is CN(C)NC(CN)c1cc(F)cc(Cl)c1. The maximum absolute atomic E-state index is 13.1. The van der Waals surface area contributed by atoms with Gasteiger partial charge in [-0.1, -0.05) is 11.6 Å². The van der Waals surface area contributed by atoms with E-state index in [1.54, 1.807) is 11.1 Å². The molecule has 0 saturated carbocycles. The van der Waals surface area contributed by atoms with Gasteiger partial charge in [-0.25, -0.2) is 14.8 Å². The minimum atomic E-state index is -0.350. The number of hydrogen-bond donors (Lipinski definition) is 2. The number of hydrogen-bond acceptors (Lipinski definition) is 3. The molecule has 3 nitrogen and oxygen atoms in total. The van der Waals surface area contributed by atoms with Crippen molar-refractivity contribution >= 4 is 11.6 Å². The molecule has 0 aliphatic carbocycles. The second kappa shape index (κ2) is 5.42. The highest BCUT2D eigenvalue weighted by Crippen LogP contribution is 2.19. The summed E-state index contributed by atoms with van der Waals surface area (Å²) in [6.07, 6.45) is 0. The van der Waals surface area contributed by atoms with Crippen LogP contribution in [0.5, 0.6) is 0 Å². The molecular formula is C10H15ClFN3. The van der Waals surface area contributed by atoms with Crippen LogP contribution in [-0.2, 0) is 0 Å². The van der Waals surface area contributed by atoms with Crippen molar-refractivity contribution in [3.63, 3.8) is 0 Å². The van der Waals surface area contributed by atoms with Crippen LogP contribution in [0.1, 0.15) is 11.6 Å². The number of nitrogens with one attached hydrogen (secondary N) is 1. The van der Waals surface area contributed by atoms with Crippen molar-refractivity contribution in [3.8, 4) is 0 Å². The van der Waals surface area contributed by atoms with Gasteiger partial charge in [0, 0.05) is 25.7 Å². The van der Waals surface area contributed by atoms with Crippen LogP contribution in [-0.4, -0.2) is 25.6 Å². The third kappa shape index (κ3) is 3.76. The first-order valence-electron chi connectivity index (χ1n) is 4.62. The van der Waals surface area contributed by atoms with Crippen molar-refractivity contribution in [1.29, 1.82) is 0 Å². The predicted molar refractivity (Wildman–Crippen MR) is 60.0 cm³/mol. The van der Waals surface area contributed by atoms with E-state index in [-0.39, 0.29) is 11.9 Å². The Morgan fingerprint density at radius 3 is 2.60 bits per heavy atom. The largest absolute Gasteiger partial charge is 0.329 e. The van der Waals surface area contributed by atoms with E-state index in [4.69, 9.17) is 17.3 Å². The third-order valence-electron chi connectivity index (χ3n) is 1.94. The molecule has 0 fully saturated rings. The highest BCUT2D eigenvalue weighted by Gasteiger charge is 2.11. The number of hydrazine groups is 1. The fourth-order valence-corrected chi connectivity index (χ4v) is 1.58. The second-order valence-electron chi connectivity index (χ2n) is 3.51. The predicted octanol–water partition coefficient (Wildman–Crippen LogP) is 1.55. The molecule has 1 aromatic rings. The first-order valence-corrected chi connectivity index (χ1v) is 5.00. The van der Waals surface area contributed by atoms with Crippen LogP contribution >= 0.6 is 11.6 Å². The Kier molecular flexibility index (Phi) is 4.47. The van der Waals surface area contributed by atoms with Crippen molar-refractivity contribution in [2.45, 2.75) is 6.04 Å². The van der Waals surface area contributed by atoms with Gasteiger partial charge in [0.1, 0.15) is 5.82 Å². The molecule has 84 valence electrons. The van der Waals surface area contributed by atoms with Crippen LogP contribution in [0, 0.1) is 5.82 Å². The topological polar surface area (TPSA) is 41.3 Å². The standard InChI is InChI=1S/C10H15ClFN3/c1-15(2)14-10(6-13)7-3-8(11)5-9(12)4-7/h3-5,10,14H,6,13H2,1-2H3. The van der Waals surface area contributed by atoms with Gasteiger partial charge in [0.15, 0.2) is 0 Å². The fourth-order valence-electron chi connectivity index (χ4n) is 1.35. The number of rotatable bonds is 4. The monoisotopic (exact) mass is 231 g/mol. The number of benzene rings is 1. The third-order valence-corrected chi connectivity index (χ3v) is 2.16. The lowest BCUT2D eigenvalue weighted by Gasteiger charge is -2.22. The molecule has 1 unspecified atom stereocenters. The molecule has 3 N–H and O–H groups in total. The van der Waals surface area contributed by atoms with Gasteiger partial charge in [0.2, 0.25) is 0 Å². The van der Waals surface area contributed by atoms with E-state index < -0.39 is 0 Å². The molecule has 15 heavy (non-hydrogen) atoms. The summed E-state index contributed by atoms with van der Waals surface area (Å²) in [4.78, 5) is 0. The van der Waals surface area contributed by atoms with E-state index in [0.29, 0.717) is 11.6 Å². The van der Waals surface area contributed by atoms with Gasteiger partial charge in [-0.05, 0) is 23.8 Å². The summed E-state index contributed by atoms with van der Waals surface area (Å²) >= 11 is 5.77. The normalized spacial score (nSPS) is 13.2. The summed E-state index contributed by atoms with van der Waals surface area (Å²) in [5.41, 5.74) is 9.43. The van der Waals surface area contributed by atoms with Crippen molar-refractivity contribution in [2.75, 3.05) is 20.6 Å². The molecule has 1 aromatic carbocycles. The molecular weight excluding hydrogens is 217 g/mol. The molecule has 0 aromatic heterocycles. The maximum Gasteiger partial charge on any atom is 0.125 e. The van der Waals surface area contributed by atoms with Crippen molar-refractivity contribution < 1.29 is 4.39 Å². The molecule has 1 rings (SSSR count). The van der Waals surface area contributed by atoms with E-state index in [0.717, 1.165) is 5.56 Å². The highest BCUT2D eigenvalue weighted by molar-refractivity contribution is 6.30. The van der Waals surface area contributed by atoms with E-state index in [1.165, 1.54) is 12.1 Å². The van der Waals surface area contributed by atoms with Crippen LogP contribution < -0.4 is 11.2 Å².